The van der Waals surface area contributed by atoms with Gasteiger partial charge in [0.05, 0.1) is 11.0 Å². The Kier molecular flexibility index (Phi) is 3.68. The molecule has 0 aromatic heterocycles. The Labute approximate surface area is 122 Å². The summed E-state index contributed by atoms with van der Waals surface area (Å²) in [6.07, 6.45) is 0.763. The van der Waals surface area contributed by atoms with Crippen LogP contribution in [-0.2, 0) is 4.84 Å². The molecule has 21 heavy (non-hydrogen) atoms. The Balaban J connectivity index is 1.78. The first-order chi connectivity index (χ1) is 10.1. The van der Waals surface area contributed by atoms with E-state index in [1.54, 1.807) is 12.1 Å². The lowest BCUT2D eigenvalue weighted by atomic mass is 9.98. The Bertz CT molecular complexity index is 628. The number of nitro benzene ring substituents is 1. The van der Waals surface area contributed by atoms with E-state index in [2.05, 4.69) is 12.1 Å². The maximum absolute atomic E-state index is 10.7. The quantitative estimate of drug-likeness (QED) is 0.637. The smallest absolute Gasteiger partial charge is 0.269 e. The zero-order valence-corrected chi connectivity index (χ0v) is 11.7. The van der Waals surface area contributed by atoms with Crippen molar-refractivity contribution in [2.24, 2.45) is 0 Å². The Morgan fingerprint density at radius 2 is 1.76 bits per heavy atom. The van der Waals surface area contributed by atoms with Gasteiger partial charge in [0, 0.05) is 25.6 Å². The summed E-state index contributed by atoms with van der Waals surface area (Å²) in [4.78, 5) is 16.2. The van der Waals surface area contributed by atoms with E-state index in [1.165, 1.54) is 17.7 Å². The second-order valence-corrected chi connectivity index (χ2v) is 5.15. The number of hydrogen-bond acceptors (Lipinski definition) is 4. The predicted octanol–water partition coefficient (Wildman–Crippen LogP) is 3.64. The molecule has 0 aliphatic carbocycles. The molecule has 0 unspecified atom stereocenters. The Morgan fingerprint density at radius 3 is 2.38 bits per heavy atom. The first-order valence-electron chi connectivity index (χ1n) is 6.84. The highest BCUT2D eigenvalue weighted by molar-refractivity contribution is 5.34. The molecule has 0 N–H and O–H groups in total. The number of nitro groups is 1. The van der Waals surface area contributed by atoms with Crippen molar-refractivity contribution >= 4 is 5.69 Å². The molecule has 2 aromatic carbocycles. The minimum Gasteiger partial charge on any atom is -0.291 e. The van der Waals surface area contributed by atoms with Crippen LogP contribution in [0.5, 0.6) is 0 Å². The number of nitrogens with zero attached hydrogens (tertiary/aromatic N) is 2. The van der Waals surface area contributed by atoms with Crippen molar-refractivity contribution in [3.8, 4) is 0 Å². The van der Waals surface area contributed by atoms with Crippen molar-refractivity contribution in [1.82, 2.24) is 5.06 Å². The minimum absolute atomic E-state index is 0.0685. The van der Waals surface area contributed by atoms with E-state index in [9.17, 15) is 10.1 Å². The number of hydroxylamine groups is 2. The monoisotopic (exact) mass is 284 g/mol. The molecular weight excluding hydrogens is 268 g/mol. The van der Waals surface area contributed by atoms with Crippen LogP contribution in [0, 0.1) is 10.1 Å². The second-order valence-electron chi connectivity index (χ2n) is 5.15. The van der Waals surface area contributed by atoms with E-state index in [-0.39, 0.29) is 17.8 Å². The molecule has 2 atom stereocenters. The van der Waals surface area contributed by atoms with Gasteiger partial charge in [-0.1, -0.05) is 30.3 Å². The van der Waals surface area contributed by atoms with Crippen molar-refractivity contribution in [2.75, 3.05) is 7.05 Å². The lowest BCUT2D eigenvalue weighted by Gasteiger charge is -2.17. The van der Waals surface area contributed by atoms with Crippen LogP contribution in [0.15, 0.2) is 54.6 Å². The molecule has 1 fully saturated rings. The molecule has 108 valence electrons. The average molecular weight is 284 g/mol. The Morgan fingerprint density at radius 1 is 1.10 bits per heavy atom. The van der Waals surface area contributed by atoms with Gasteiger partial charge in [-0.3, -0.25) is 15.0 Å². The summed E-state index contributed by atoms with van der Waals surface area (Å²) in [6.45, 7) is 0. The third kappa shape index (κ3) is 2.79. The van der Waals surface area contributed by atoms with Gasteiger partial charge in [0.1, 0.15) is 6.10 Å². The van der Waals surface area contributed by atoms with E-state index >= 15 is 0 Å². The second kappa shape index (κ2) is 5.63. The average Bonchev–Trinajstić information content (AvgIpc) is 2.90. The predicted molar refractivity (Wildman–Crippen MR) is 78.5 cm³/mol. The summed E-state index contributed by atoms with van der Waals surface area (Å²) < 4.78 is 0. The van der Waals surface area contributed by atoms with Gasteiger partial charge >= 0.3 is 0 Å². The van der Waals surface area contributed by atoms with Crippen molar-refractivity contribution < 1.29 is 9.76 Å². The fourth-order valence-corrected chi connectivity index (χ4v) is 2.70. The van der Waals surface area contributed by atoms with E-state index in [0.717, 1.165) is 12.0 Å². The zero-order valence-electron chi connectivity index (χ0n) is 11.7. The highest BCUT2D eigenvalue weighted by Gasteiger charge is 2.32. The largest absolute Gasteiger partial charge is 0.291 e. The van der Waals surface area contributed by atoms with Crippen LogP contribution < -0.4 is 0 Å². The van der Waals surface area contributed by atoms with Gasteiger partial charge in [-0.25, -0.2) is 0 Å². The molecule has 1 aliphatic heterocycles. The topological polar surface area (TPSA) is 55.6 Å². The maximum atomic E-state index is 10.7. The zero-order chi connectivity index (χ0) is 14.8. The molecule has 3 rings (SSSR count). The lowest BCUT2D eigenvalue weighted by Crippen LogP contribution is -2.16. The summed E-state index contributed by atoms with van der Waals surface area (Å²) in [5, 5.41) is 12.6. The van der Waals surface area contributed by atoms with Gasteiger partial charge in [0.2, 0.25) is 0 Å². The highest BCUT2D eigenvalue weighted by Crippen LogP contribution is 2.40. The summed E-state index contributed by atoms with van der Waals surface area (Å²) in [5.41, 5.74) is 2.28. The number of hydrogen-bond donors (Lipinski definition) is 0. The van der Waals surface area contributed by atoms with Crippen LogP contribution in [0.1, 0.15) is 29.7 Å². The molecule has 1 aliphatic rings. The Hall–Kier alpha value is -2.24. The summed E-state index contributed by atoms with van der Waals surface area (Å²) in [7, 11) is 1.92. The van der Waals surface area contributed by atoms with Crippen LogP contribution in [0.4, 0.5) is 5.69 Å². The number of non-ortho nitro benzene ring substituents is 1. The van der Waals surface area contributed by atoms with Gasteiger partial charge < -0.3 is 0 Å². The molecule has 1 saturated heterocycles. The van der Waals surface area contributed by atoms with Crippen LogP contribution >= 0.6 is 0 Å². The number of rotatable bonds is 3. The van der Waals surface area contributed by atoms with Gasteiger partial charge in [0.25, 0.3) is 5.69 Å². The van der Waals surface area contributed by atoms with Crippen molar-refractivity contribution in [2.45, 2.75) is 18.6 Å². The first kappa shape index (κ1) is 13.7. The third-order valence-corrected chi connectivity index (χ3v) is 3.83. The van der Waals surface area contributed by atoms with Gasteiger partial charge in [-0.15, -0.1) is 0 Å². The van der Waals surface area contributed by atoms with Gasteiger partial charge in [-0.2, -0.15) is 5.06 Å². The summed E-state index contributed by atoms with van der Waals surface area (Å²) in [6, 6.07) is 17.0. The van der Waals surface area contributed by atoms with Crippen molar-refractivity contribution in [3.05, 3.63) is 75.8 Å². The molecule has 1 heterocycles. The maximum Gasteiger partial charge on any atom is 0.269 e. The summed E-state index contributed by atoms with van der Waals surface area (Å²) in [5.74, 6) is 0. The molecule has 5 nitrogen and oxygen atoms in total. The summed E-state index contributed by atoms with van der Waals surface area (Å²) >= 11 is 0. The molecule has 0 radical (unpaired) electrons. The van der Waals surface area contributed by atoms with E-state index in [0.29, 0.717) is 0 Å². The first-order valence-corrected chi connectivity index (χ1v) is 6.84. The van der Waals surface area contributed by atoms with E-state index in [1.807, 2.05) is 30.3 Å². The fourth-order valence-electron chi connectivity index (χ4n) is 2.70. The van der Waals surface area contributed by atoms with Crippen LogP contribution in [-0.4, -0.2) is 17.0 Å². The molecule has 0 saturated carbocycles. The van der Waals surface area contributed by atoms with Crippen LogP contribution in [0.3, 0.4) is 0 Å². The molecule has 0 bridgehead atoms. The normalized spacial score (nSPS) is 22.3. The third-order valence-electron chi connectivity index (χ3n) is 3.83. The molecule has 5 heteroatoms. The molecular formula is C16H16N2O3. The highest BCUT2D eigenvalue weighted by atomic mass is 16.7. The van der Waals surface area contributed by atoms with Gasteiger partial charge in [0.15, 0.2) is 0 Å². The molecule has 2 aromatic rings. The van der Waals surface area contributed by atoms with E-state index < -0.39 is 4.92 Å². The standard InChI is InChI=1S/C16H16N2O3/c1-17-15(12-5-3-2-4-6-12)11-16(21-17)13-7-9-14(10-8-13)18(19)20/h2-10,15-16H,11H2,1H3/t15-,16-/m1/s1. The minimum atomic E-state index is -0.391. The lowest BCUT2D eigenvalue weighted by molar-refractivity contribution is -0.384. The van der Waals surface area contributed by atoms with E-state index in [4.69, 9.17) is 4.84 Å². The van der Waals surface area contributed by atoms with Gasteiger partial charge in [-0.05, 0) is 23.3 Å². The number of benzene rings is 2. The van der Waals surface area contributed by atoms with Crippen molar-refractivity contribution in [1.29, 1.82) is 0 Å². The fraction of sp³-hybridized carbons (Fsp3) is 0.250. The molecule has 0 spiro atoms. The SMILES string of the molecule is CN1O[C@@H](c2ccc([N+](=O)[O-])cc2)C[C@@H]1c1ccccc1. The van der Waals surface area contributed by atoms with Crippen molar-refractivity contribution in [3.63, 3.8) is 0 Å². The molecule has 0 amide bonds. The van der Waals surface area contributed by atoms with Crippen LogP contribution in [0.25, 0.3) is 0 Å². The van der Waals surface area contributed by atoms with Crippen LogP contribution in [0.2, 0.25) is 0 Å².